The van der Waals surface area contributed by atoms with Crippen molar-refractivity contribution < 1.29 is 22.8 Å². The van der Waals surface area contributed by atoms with Gasteiger partial charge < -0.3 is 15.5 Å². The quantitative estimate of drug-likeness (QED) is 0.845. The second kappa shape index (κ2) is 6.66. The van der Waals surface area contributed by atoms with Gasteiger partial charge in [-0.2, -0.15) is 13.2 Å². The fourth-order valence-corrected chi connectivity index (χ4v) is 2.16. The summed E-state index contributed by atoms with van der Waals surface area (Å²) in [5.41, 5.74) is -0.394. The number of carbonyl (C=O) groups excluding carboxylic acids is 2. The lowest BCUT2D eigenvalue weighted by Gasteiger charge is -2.18. The summed E-state index contributed by atoms with van der Waals surface area (Å²) in [6.45, 7) is 4.39. The average molecular weight is 380 g/mol. The van der Waals surface area contributed by atoms with E-state index in [-0.39, 0.29) is 29.0 Å². The van der Waals surface area contributed by atoms with E-state index in [1.54, 1.807) is 20.8 Å². The summed E-state index contributed by atoms with van der Waals surface area (Å²) >= 11 is 5.91. The van der Waals surface area contributed by atoms with Crippen LogP contribution in [-0.2, 0) is 11.3 Å². The van der Waals surface area contributed by atoms with Crippen LogP contribution in [0.4, 0.5) is 23.8 Å². The first-order chi connectivity index (χ1) is 11.4. The Hall–Kier alpha value is -2.10. The molecule has 0 radical (unpaired) electrons. The molecule has 25 heavy (non-hydrogen) atoms. The van der Waals surface area contributed by atoms with Gasteiger partial charge in [-0.1, -0.05) is 32.4 Å². The van der Waals surface area contributed by atoms with E-state index >= 15 is 0 Å². The minimum Gasteiger partial charge on any atom is -0.324 e. The van der Waals surface area contributed by atoms with Gasteiger partial charge in [0.1, 0.15) is 6.04 Å². The van der Waals surface area contributed by atoms with E-state index < -0.39 is 30.2 Å². The van der Waals surface area contributed by atoms with Crippen LogP contribution in [0.25, 0.3) is 0 Å². The molecule has 0 spiro atoms. The van der Waals surface area contributed by atoms with Gasteiger partial charge in [-0.05, 0) is 6.07 Å². The van der Waals surface area contributed by atoms with Gasteiger partial charge in [0, 0.05) is 11.0 Å². The van der Waals surface area contributed by atoms with Gasteiger partial charge in [-0.3, -0.25) is 4.79 Å². The maximum absolute atomic E-state index is 12.7. The van der Waals surface area contributed by atoms with E-state index in [0.717, 1.165) is 4.90 Å². The van der Waals surface area contributed by atoms with E-state index in [9.17, 15) is 22.8 Å². The zero-order valence-corrected chi connectivity index (χ0v) is 14.5. The summed E-state index contributed by atoms with van der Waals surface area (Å²) in [6, 6.07) is -1.41. The zero-order valence-electron chi connectivity index (χ0n) is 13.7. The highest BCUT2D eigenvalue weighted by atomic mass is 35.5. The monoisotopic (exact) mass is 379 g/mol. The Labute approximate surface area is 146 Å². The van der Waals surface area contributed by atoms with Crippen LogP contribution in [0.1, 0.15) is 26.3 Å². The fourth-order valence-electron chi connectivity index (χ4n) is 2.01. The molecule has 2 rings (SSSR count). The minimum absolute atomic E-state index is 0.0583. The number of alkyl halides is 3. The van der Waals surface area contributed by atoms with Crippen molar-refractivity contribution in [3.05, 3.63) is 16.8 Å². The smallest absolute Gasteiger partial charge is 0.324 e. The van der Waals surface area contributed by atoms with Crippen molar-refractivity contribution in [2.45, 2.75) is 39.5 Å². The lowest BCUT2D eigenvalue weighted by atomic mass is 9.96. The molecule has 0 unspecified atom stereocenters. The third-order valence-electron chi connectivity index (χ3n) is 3.49. The van der Waals surface area contributed by atoms with Crippen molar-refractivity contribution in [1.29, 1.82) is 0 Å². The minimum atomic E-state index is -4.53. The number of amides is 3. The fraction of sp³-hybridized carbons (Fsp3) is 0.571. The summed E-state index contributed by atoms with van der Waals surface area (Å²) in [4.78, 5) is 24.6. The van der Waals surface area contributed by atoms with E-state index in [2.05, 4.69) is 15.5 Å². The van der Waals surface area contributed by atoms with Crippen LogP contribution in [-0.4, -0.2) is 45.8 Å². The molecule has 1 aliphatic heterocycles. The van der Waals surface area contributed by atoms with Gasteiger partial charge in [0.2, 0.25) is 5.91 Å². The Morgan fingerprint density at radius 3 is 2.56 bits per heavy atom. The molecule has 0 aromatic carbocycles. The highest BCUT2D eigenvalue weighted by Crippen LogP contribution is 2.26. The molecule has 0 bridgehead atoms. The predicted molar refractivity (Wildman–Crippen MR) is 83.9 cm³/mol. The number of hydrogen-bond donors (Lipinski definition) is 2. The Morgan fingerprint density at radius 1 is 1.40 bits per heavy atom. The molecule has 0 saturated carbocycles. The first kappa shape index (κ1) is 19.2. The summed E-state index contributed by atoms with van der Waals surface area (Å²) in [7, 11) is 0. The summed E-state index contributed by atoms with van der Waals surface area (Å²) in [5, 5.41) is 11.7. The average Bonchev–Trinajstić information content (AvgIpc) is 2.83. The molecule has 7 nitrogen and oxygen atoms in total. The third kappa shape index (κ3) is 4.71. The van der Waals surface area contributed by atoms with Gasteiger partial charge in [0.05, 0.1) is 13.1 Å². The molecule has 3 amide bonds. The number of hydrogen-bond acceptors (Lipinski definition) is 4. The van der Waals surface area contributed by atoms with Crippen molar-refractivity contribution >= 4 is 29.4 Å². The number of carbonyl (C=O) groups is 2. The zero-order chi connectivity index (χ0) is 19.0. The number of urea groups is 1. The Balaban J connectivity index is 2.13. The Kier molecular flexibility index (Phi) is 5.12. The number of halogens is 4. The van der Waals surface area contributed by atoms with Crippen LogP contribution in [0.15, 0.2) is 6.07 Å². The normalized spacial score (nSPS) is 18.3. The van der Waals surface area contributed by atoms with Crippen molar-refractivity contribution in [1.82, 2.24) is 20.4 Å². The standard InChI is InChI=1S/C14H17ClF3N5O2/c1-13(2,3)11(24)20-9-4-7(10(15)22-21-9)5-23-6-8(14(16,17)18)19-12(23)25/h4,8H,5-6H2,1-3H3,(H,19,25)(H,20,21,24)/t8-/m0/s1. The van der Waals surface area contributed by atoms with Crippen LogP contribution in [0, 0.1) is 5.41 Å². The van der Waals surface area contributed by atoms with Crippen molar-refractivity contribution in [3.8, 4) is 0 Å². The molecule has 1 fully saturated rings. The SMILES string of the molecule is CC(C)(C)C(=O)Nc1cc(CN2C[C@@H](C(F)(F)F)NC2=O)c(Cl)nn1. The first-order valence-corrected chi connectivity index (χ1v) is 7.71. The van der Waals surface area contributed by atoms with Gasteiger partial charge in [-0.25, -0.2) is 4.79 Å². The van der Waals surface area contributed by atoms with Crippen LogP contribution < -0.4 is 10.6 Å². The van der Waals surface area contributed by atoms with Crippen molar-refractivity contribution in [2.24, 2.45) is 5.41 Å². The number of nitrogens with one attached hydrogen (secondary N) is 2. The van der Waals surface area contributed by atoms with E-state index in [1.165, 1.54) is 6.07 Å². The molecule has 2 N–H and O–H groups in total. The molecular weight excluding hydrogens is 363 g/mol. The summed E-state index contributed by atoms with van der Waals surface area (Å²) in [6.07, 6.45) is -4.53. The molecule has 1 aliphatic rings. The molecule has 2 heterocycles. The maximum atomic E-state index is 12.7. The van der Waals surface area contributed by atoms with Crippen molar-refractivity contribution in [2.75, 3.05) is 11.9 Å². The summed E-state index contributed by atoms with van der Waals surface area (Å²) < 4.78 is 38.1. The maximum Gasteiger partial charge on any atom is 0.410 e. The van der Waals surface area contributed by atoms with Gasteiger partial charge in [-0.15, -0.1) is 10.2 Å². The Bertz CT molecular complexity index is 690. The van der Waals surface area contributed by atoms with Gasteiger partial charge >= 0.3 is 12.2 Å². The second-order valence-corrected chi connectivity index (χ2v) is 7.03. The third-order valence-corrected chi connectivity index (χ3v) is 3.81. The van der Waals surface area contributed by atoms with E-state index in [4.69, 9.17) is 11.6 Å². The largest absolute Gasteiger partial charge is 0.410 e. The van der Waals surface area contributed by atoms with E-state index in [1.807, 2.05) is 5.32 Å². The first-order valence-electron chi connectivity index (χ1n) is 7.33. The molecule has 1 aromatic heterocycles. The molecule has 11 heteroatoms. The number of nitrogens with zero attached hydrogens (tertiary/aromatic N) is 3. The topological polar surface area (TPSA) is 87.2 Å². The predicted octanol–water partition coefficient (Wildman–Crippen LogP) is 2.57. The molecule has 1 atom stereocenters. The molecule has 1 saturated heterocycles. The van der Waals surface area contributed by atoms with Gasteiger partial charge in [0.25, 0.3) is 0 Å². The van der Waals surface area contributed by atoms with Crippen molar-refractivity contribution in [3.63, 3.8) is 0 Å². The van der Waals surface area contributed by atoms with Crippen LogP contribution in [0.2, 0.25) is 5.15 Å². The van der Waals surface area contributed by atoms with Crippen LogP contribution >= 0.6 is 11.6 Å². The van der Waals surface area contributed by atoms with E-state index in [0.29, 0.717) is 0 Å². The Morgan fingerprint density at radius 2 is 2.04 bits per heavy atom. The van der Waals surface area contributed by atoms with Crippen LogP contribution in [0.3, 0.4) is 0 Å². The number of anilines is 1. The number of aromatic nitrogens is 2. The molecule has 0 aliphatic carbocycles. The van der Waals surface area contributed by atoms with Gasteiger partial charge in [0.15, 0.2) is 11.0 Å². The highest BCUT2D eigenvalue weighted by molar-refractivity contribution is 6.30. The summed E-state index contributed by atoms with van der Waals surface area (Å²) in [5.74, 6) is -0.211. The number of rotatable bonds is 3. The lowest BCUT2D eigenvalue weighted by Crippen LogP contribution is -2.40. The second-order valence-electron chi connectivity index (χ2n) is 6.67. The molecular formula is C14H17ClF3N5O2. The van der Waals surface area contributed by atoms with Crippen LogP contribution in [0.5, 0.6) is 0 Å². The molecule has 1 aromatic rings. The molecule has 138 valence electrons. The lowest BCUT2D eigenvalue weighted by molar-refractivity contribution is -0.149. The highest BCUT2D eigenvalue weighted by Gasteiger charge is 2.46.